The van der Waals surface area contributed by atoms with Crippen molar-refractivity contribution in [1.29, 1.82) is 0 Å². The van der Waals surface area contributed by atoms with Gasteiger partial charge in [-0.25, -0.2) is 0 Å². The lowest BCUT2D eigenvalue weighted by atomic mass is 10.0. The second-order valence-corrected chi connectivity index (χ2v) is 4.17. The van der Waals surface area contributed by atoms with Gasteiger partial charge in [-0.1, -0.05) is 0 Å². The summed E-state index contributed by atoms with van der Waals surface area (Å²) in [5.74, 6) is -1.56. The monoisotopic (exact) mass is 260 g/mol. The van der Waals surface area contributed by atoms with Crippen molar-refractivity contribution in [3.63, 3.8) is 0 Å². The minimum atomic E-state index is -0.790. The molecule has 0 bridgehead atoms. The number of hydrogen-bond donors (Lipinski definition) is 2. The molecule has 2 aliphatic rings. The Balaban J connectivity index is 1.84. The highest BCUT2D eigenvalue weighted by molar-refractivity contribution is 6.17. The molecule has 2 heterocycles. The van der Waals surface area contributed by atoms with Crippen LogP contribution >= 0.6 is 0 Å². The van der Waals surface area contributed by atoms with Crippen molar-refractivity contribution in [1.82, 2.24) is 10.3 Å². The van der Waals surface area contributed by atoms with Crippen molar-refractivity contribution in [3.8, 4) is 0 Å². The summed E-state index contributed by atoms with van der Waals surface area (Å²) in [7, 11) is 0. The first-order valence-electron chi connectivity index (χ1n) is 5.52. The Morgan fingerprint density at radius 1 is 1.26 bits per heavy atom. The molecule has 2 atom stereocenters. The summed E-state index contributed by atoms with van der Waals surface area (Å²) in [6, 6.07) is 2.80. The highest BCUT2D eigenvalue weighted by Crippen LogP contribution is 2.30. The van der Waals surface area contributed by atoms with Crippen LogP contribution in [0.5, 0.6) is 0 Å². The van der Waals surface area contributed by atoms with Crippen molar-refractivity contribution in [3.05, 3.63) is 46.0 Å². The number of amides is 1. The topological polar surface area (TPSA) is 109 Å². The summed E-state index contributed by atoms with van der Waals surface area (Å²) in [6.45, 7) is 0. The Bertz CT molecular complexity index is 687. The molecule has 1 fully saturated rings. The number of nitrogens with one attached hydrogen (secondary N) is 2. The Morgan fingerprint density at radius 3 is 2.79 bits per heavy atom. The van der Waals surface area contributed by atoms with Crippen molar-refractivity contribution < 1.29 is 19.1 Å². The largest absolute Gasteiger partial charge is 0.352 e. The Morgan fingerprint density at radius 2 is 2.05 bits per heavy atom. The Labute approximate surface area is 106 Å². The molecule has 1 aromatic heterocycles. The standard InChI is InChI=1S/C12H8N2O5/c15-7-4-6(8(16)10-9(7)19-10)14-12(18)5-2-1-3-13-11(5)17/h1-4,9-10H,(H,13,17)(H,14,18). The molecule has 96 valence electrons. The molecule has 0 spiro atoms. The van der Waals surface area contributed by atoms with Crippen LogP contribution in [0.1, 0.15) is 10.4 Å². The van der Waals surface area contributed by atoms with Crippen molar-refractivity contribution >= 4 is 17.5 Å². The molecule has 1 saturated heterocycles. The third-order valence-corrected chi connectivity index (χ3v) is 2.89. The van der Waals surface area contributed by atoms with Crippen molar-refractivity contribution in [2.24, 2.45) is 0 Å². The lowest BCUT2D eigenvalue weighted by Gasteiger charge is -2.09. The van der Waals surface area contributed by atoms with E-state index in [0.717, 1.165) is 6.08 Å². The van der Waals surface area contributed by atoms with Crippen LogP contribution in [0.3, 0.4) is 0 Å². The van der Waals surface area contributed by atoms with Crippen LogP contribution in [0, 0.1) is 0 Å². The molecular formula is C12H8N2O5. The van der Waals surface area contributed by atoms with E-state index in [1.807, 2.05) is 0 Å². The first-order valence-corrected chi connectivity index (χ1v) is 5.52. The third-order valence-electron chi connectivity index (χ3n) is 2.89. The molecule has 7 heteroatoms. The Hall–Kier alpha value is -2.54. The van der Waals surface area contributed by atoms with E-state index >= 15 is 0 Å². The first kappa shape index (κ1) is 11.5. The number of aromatic nitrogens is 1. The maximum absolute atomic E-state index is 11.8. The van der Waals surface area contributed by atoms with E-state index < -0.39 is 29.5 Å². The second-order valence-electron chi connectivity index (χ2n) is 4.17. The number of pyridine rings is 1. The SMILES string of the molecule is O=C(NC1=CC(=O)C2OC2C1=O)c1ccc[nH]c1=O. The van der Waals surface area contributed by atoms with Gasteiger partial charge in [-0.05, 0) is 12.1 Å². The van der Waals surface area contributed by atoms with E-state index in [0.29, 0.717) is 0 Å². The third kappa shape index (κ3) is 1.89. The lowest BCUT2D eigenvalue weighted by Crippen LogP contribution is -2.36. The van der Waals surface area contributed by atoms with Gasteiger partial charge < -0.3 is 15.0 Å². The lowest BCUT2D eigenvalue weighted by molar-refractivity contribution is -0.119. The molecule has 0 radical (unpaired) electrons. The minimum Gasteiger partial charge on any atom is -0.352 e. The van der Waals surface area contributed by atoms with Crippen molar-refractivity contribution in [2.45, 2.75) is 12.2 Å². The molecule has 19 heavy (non-hydrogen) atoms. The van der Waals surface area contributed by atoms with Crippen LogP contribution < -0.4 is 10.9 Å². The molecule has 1 amide bonds. The van der Waals surface area contributed by atoms with Crippen LogP contribution in [0.4, 0.5) is 0 Å². The van der Waals surface area contributed by atoms with E-state index in [2.05, 4.69) is 10.3 Å². The van der Waals surface area contributed by atoms with Gasteiger partial charge in [0, 0.05) is 12.3 Å². The van der Waals surface area contributed by atoms with Gasteiger partial charge in [0.25, 0.3) is 11.5 Å². The summed E-state index contributed by atoms with van der Waals surface area (Å²) in [4.78, 5) is 48.7. The number of carbonyl (C=O) groups is 3. The fraction of sp³-hybridized carbons (Fsp3) is 0.167. The van der Waals surface area contributed by atoms with E-state index in [4.69, 9.17) is 4.74 Å². The van der Waals surface area contributed by atoms with Gasteiger partial charge in [-0.2, -0.15) is 0 Å². The summed E-state index contributed by atoms with van der Waals surface area (Å²) < 4.78 is 4.87. The van der Waals surface area contributed by atoms with E-state index in [-0.39, 0.29) is 17.0 Å². The number of epoxide rings is 1. The van der Waals surface area contributed by atoms with Gasteiger partial charge in [0.2, 0.25) is 5.78 Å². The number of H-pyrrole nitrogens is 1. The van der Waals surface area contributed by atoms with Crippen molar-refractivity contribution in [2.75, 3.05) is 0 Å². The van der Waals surface area contributed by atoms with Gasteiger partial charge in [0.15, 0.2) is 18.0 Å². The highest BCUT2D eigenvalue weighted by Gasteiger charge is 2.53. The van der Waals surface area contributed by atoms with Crippen LogP contribution in [-0.4, -0.2) is 34.7 Å². The Kier molecular flexibility index (Phi) is 2.42. The average Bonchev–Trinajstić information content (AvgIpc) is 3.17. The quantitative estimate of drug-likeness (QED) is 0.656. The fourth-order valence-electron chi connectivity index (χ4n) is 1.86. The van der Waals surface area contributed by atoms with Crippen LogP contribution in [-0.2, 0) is 14.3 Å². The zero-order valence-corrected chi connectivity index (χ0v) is 9.51. The number of ketones is 2. The zero-order chi connectivity index (χ0) is 13.6. The minimum absolute atomic E-state index is 0.137. The van der Waals surface area contributed by atoms with Gasteiger partial charge in [0.05, 0.1) is 5.70 Å². The number of hydrogen-bond acceptors (Lipinski definition) is 5. The molecule has 2 N–H and O–H groups in total. The fourth-order valence-corrected chi connectivity index (χ4v) is 1.86. The molecule has 1 aliphatic carbocycles. The van der Waals surface area contributed by atoms with Crippen LogP contribution in [0.25, 0.3) is 0 Å². The molecule has 1 aromatic rings. The number of ether oxygens (including phenoxy) is 1. The van der Waals surface area contributed by atoms with Gasteiger partial charge in [-0.3, -0.25) is 19.2 Å². The second kappa shape index (κ2) is 3.99. The summed E-state index contributed by atoms with van der Waals surface area (Å²) >= 11 is 0. The molecule has 0 saturated carbocycles. The first-order chi connectivity index (χ1) is 9.08. The molecule has 3 rings (SSSR count). The predicted octanol–water partition coefficient (Wildman–Crippen LogP) is -1.09. The van der Waals surface area contributed by atoms with E-state index in [9.17, 15) is 19.2 Å². The van der Waals surface area contributed by atoms with Gasteiger partial charge in [-0.15, -0.1) is 0 Å². The molecule has 7 nitrogen and oxygen atoms in total. The maximum Gasteiger partial charge on any atom is 0.261 e. The number of carbonyl (C=O) groups excluding carboxylic acids is 3. The average molecular weight is 260 g/mol. The van der Waals surface area contributed by atoms with Crippen LogP contribution in [0.15, 0.2) is 34.9 Å². The van der Waals surface area contributed by atoms with E-state index in [1.165, 1.54) is 18.3 Å². The number of rotatable bonds is 2. The maximum atomic E-state index is 11.8. The number of fused-ring (bicyclic) bond motifs is 1. The smallest absolute Gasteiger partial charge is 0.261 e. The summed E-state index contributed by atoms with van der Waals surface area (Å²) in [5, 5.41) is 2.27. The molecule has 0 aromatic carbocycles. The van der Waals surface area contributed by atoms with E-state index in [1.54, 1.807) is 0 Å². The highest BCUT2D eigenvalue weighted by atomic mass is 16.6. The number of Topliss-reactive ketones (excluding diaryl/α,β-unsaturated/α-hetero) is 1. The normalized spacial score (nSPS) is 24.5. The molecule has 2 unspecified atom stereocenters. The zero-order valence-electron chi connectivity index (χ0n) is 9.51. The van der Waals surface area contributed by atoms with Crippen LogP contribution in [0.2, 0.25) is 0 Å². The van der Waals surface area contributed by atoms with Gasteiger partial charge >= 0.3 is 0 Å². The number of aromatic amines is 1. The molecule has 1 aliphatic heterocycles. The summed E-state index contributed by atoms with van der Waals surface area (Å²) in [6.07, 6.45) is 0.928. The van der Waals surface area contributed by atoms with Gasteiger partial charge in [0.1, 0.15) is 5.56 Å². The predicted molar refractivity (Wildman–Crippen MR) is 61.3 cm³/mol. The molecular weight excluding hydrogens is 252 g/mol. The summed E-state index contributed by atoms with van der Waals surface area (Å²) in [5.41, 5.74) is -0.852.